The average Bonchev–Trinajstić information content (AvgIpc) is 3.34. The van der Waals surface area contributed by atoms with Crippen molar-refractivity contribution in [2.75, 3.05) is 23.0 Å². The molecule has 0 amide bonds. The van der Waals surface area contributed by atoms with Crippen LogP contribution in [0.1, 0.15) is 31.2 Å². The minimum absolute atomic E-state index is 0.248. The molecule has 1 aromatic heterocycles. The largest absolute Gasteiger partial charge is 0.335 e. The number of hydrogen-bond acceptors (Lipinski definition) is 7. The number of nitrogens with zero attached hydrogens (tertiary/aromatic N) is 2. The lowest BCUT2D eigenvalue weighted by atomic mass is 10.2. The smallest absolute Gasteiger partial charge is 0.265 e. The first kappa shape index (κ1) is 29.1. The molecule has 0 saturated heterocycles. The predicted octanol–water partition coefficient (Wildman–Crippen LogP) is 5.65. The summed E-state index contributed by atoms with van der Waals surface area (Å²) in [7, 11) is -8.11. The standard InChI is InChI=1S/C25H27ClN2O6S4/c1-2-18(15-24-27(11-5-13-37(29,30)31)20-7-3-4-8-22(20)35-24)16-25-28(12-6-14-38(32,33)34)21-17-19(26)9-10-23(21)36-25/h3-4,7-10,15-17H,2,5-6,11-14H2,1H3,(H-,29,30,31,32,33,34)/p+1. The molecule has 4 rings (SSSR count). The monoisotopic (exact) mass is 615 g/mol. The van der Waals surface area contributed by atoms with Gasteiger partial charge in [-0.05, 0) is 48.8 Å². The van der Waals surface area contributed by atoms with E-state index in [9.17, 15) is 25.9 Å². The molecular weight excluding hydrogens is 588 g/mol. The first-order valence-electron chi connectivity index (χ1n) is 11.9. The van der Waals surface area contributed by atoms with Crippen LogP contribution in [0.3, 0.4) is 0 Å². The Morgan fingerprint density at radius 2 is 1.76 bits per heavy atom. The van der Waals surface area contributed by atoms with Crippen LogP contribution >= 0.6 is 34.7 Å². The molecule has 0 atom stereocenters. The summed E-state index contributed by atoms with van der Waals surface area (Å²) in [6.45, 7) is 2.87. The molecule has 38 heavy (non-hydrogen) atoms. The maximum atomic E-state index is 11.3. The molecule has 204 valence electrons. The molecule has 0 bridgehead atoms. The highest BCUT2D eigenvalue weighted by atomic mass is 35.5. The average molecular weight is 616 g/mol. The summed E-state index contributed by atoms with van der Waals surface area (Å²) in [6, 6.07) is 13.5. The number of fused-ring (bicyclic) bond motifs is 2. The van der Waals surface area contributed by atoms with Gasteiger partial charge < -0.3 is 4.90 Å². The molecule has 3 aromatic rings. The highest BCUT2D eigenvalue weighted by molar-refractivity contribution is 8.03. The molecule has 2 heterocycles. The minimum Gasteiger partial charge on any atom is -0.335 e. The number of allylic oxidation sites excluding steroid dienone is 2. The Labute approximate surface area is 236 Å². The van der Waals surface area contributed by atoms with E-state index in [1.807, 2.05) is 54.3 Å². The number of hydrogen-bond donors (Lipinski definition) is 2. The van der Waals surface area contributed by atoms with Crippen molar-refractivity contribution in [2.45, 2.75) is 37.6 Å². The molecule has 2 aromatic carbocycles. The Hall–Kier alpha value is -1.93. The highest BCUT2D eigenvalue weighted by Crippen LogP contribution is 2.47. The summed E-state index contributed by atoms with van der Waals surface area (Å²) in [5, 5.41) is 2.45. The second-order valence-corrected chi connectivity index (χ2v) is 14.5. The zero-order chi connectivity index (χ0) is 27.5. The zero-order valence-corrected chi connectivity index (χ0v) is 24.6. The number of para-hydroxylation sites is 1. The fourth-order valence-electron chi connectivity index (χ4n) is 4.18. The fraction of sp³-hybridized carbons (Fsp3) is 0.320. The highest BCUT2D eigenvalue weighted by Gasteiger charge is 2.26. The van der Waals surface area contributed by atoms with Crippen LogP contribution in [-0.4, -0.2) is 44.0 Å². The van der Waals surface area contributed by atoms with E-state index < -0.39 is 20.2 Å². The lowest BCUT2D eigenvalue weighted by Gasteiger charge is -2.20. The normalized spacial score (nSPS) is 15.5. The quantitative estimate of drug-likeness (QED) is 0.210. The number of aromatic nitrogens is 1. The van der Waals surface area contributed by atoms with Gasteiger partial charge in [0.2, 0.25) is 5.52 Å². The third-order valence-electron chi connectivity index (χ3n) is 5.92. The van der Waals surface area contributed by atoms with Crippen molar-refractivity contribution in [3.63, 3.8) is 0 Å². The Morgan fingerprint density at radius 1 is 1.05 bits per heavy atom. The van der Waals surface area contributed by atoms with E-state index in [0.29, 0.717) is 18.1 Å². The number of benzene rings is 2. The number of anilines is 1. The van der Waals surface area contributed by atoms with Crippen molar-refractivity contribution >= 4 is 76.9 Å². The van der Waals surface area contributed by atoms with Crippen LogP contribution in [0.2, 0.25) is 5.02 Å². The summed E-state index contributed by atoms with van der Waals surface area (Å²) in [5.41, 5.74) is 2.91. The van der Waals surface area contributed by atoms with Gasteiger partial charge in [0.1, 0.15) is 4.70 Å². The second-order valence-electron chi connectivity index (χ2n) is 8.76. The lowest BCUT2D eigenvalue weighted by molar-refractivity contribution is -0.668. The van der Waals surface area contributed by atoms with Gasteiger partial charge in [-0.2, -0.15) is 21.4 Å². The van der Waals surface area contributed by atoms with Crippen LogP contribution in [-0.2, 0) is 26.8 Å². The Balaban J connectivity index is 1.69. The number of aryl methyl sites for hydroxylation is 1. The number of rotatable bonds is 11. The van der Waals surface area contributed by atoms with E-state index in [0.717, 1.165) is 42.8 Å². The first-order valence-corrected chi connectivity index (χ1v) is 17.2. The predicted molar refractivity (Wildman–Crippen MR) is 155 cm³/mol. The van der Waals surface area contributed by atoms with E-state index in [1.165, 1.54) is 0 Å². The summed E-state index contributed by atoms with van der Waals surface area (Å²) in [6.07, 6.45) is 5.40. The van der Waals surface area contributed by atoms with Gasteiger partial charge >= 0.3 is 0 Å². The molecule has 1 aliphatic heterocycles. The molecule has 0 fully saturated rings. The molecule has 0 radical (unpaired) electrons. The van der Waals surface area contributed by atoms with Crippen molar-refractivity contribution in [1.82, 2.24) is 0 Å². The number of thiazole rings is 1. The maximum Gasteiger partial charge on any atom is 0.265 e. The van der Waals surface area contributed by atoms with E-state index in [4.69, 9.17) is 11.6 Å². The summed E-state index contributed by atoms with van der Waals surface area (Å²) >= 11 is 9.42. The zero-order valence-electron chi connectivity index (χ0n) is 20.6. The molecule has 0 saturated carbocycles. The van der Waals surface area contributed by atoms with Crippen molar-refractivity contribution in [3.05, 3.63) is 69.2 Å². The van der Waals surface area contributed by atoms with Gasteiger partial charge in [-0.15, -0.1) is 0 Å². The van der Waals surface area contributed by atoms with Crippen LogP contribution in [0, 0.1) is 0 Å². The van der Waals surface area contributed by atoms with Crippen LogP contribution in [0.4, 0.5) is 5.69 Å². The van der Waals surface area contributed by atoms with Crippen LogP contribution in [0.25, 0.3) is 16.3 Å². The van der Waals surface area contributed by atoms with Gasteiger partial charge in [0.25, 0.3) is 25.2 Å². The Morgan fingerprint density at radius 3 is 2.47 bits per heavy atom. The molecule has 0 spiro atoms. The van der Waals surface area contributed by atoms with Gasteiger partial charge in [-0.25, -0.2) is 0 Å². The van der Waals surface area contributed by atoms with Crippen molar-refractivity contribution in [2.24, 2.45) is 0 Å². The topological polar surface area (TPSA) is 116 Å². The van der Waals surface area contributed by atoms with Crippen LogP contribution in [0.15, 0.2) is 64.0 Å². The number of halogens is 1. The third kappa shape index (κ3) is 7.59. The maximum absolute atomic E-state index is 11.3. The summed E-state index contributed by atoms with van der Waals surface area (Å²) in [4.78, 5) is 3.02. The van der Waals surface area contributed by atoms with Gasteiger partial charge in [0.05, 0.1) is 22.2 Å². The molecule has 0 unspecified atom stereocenters. The molecule has 1 aliphatic rings. The van der Waals surface area contributed by atoms with Crippen molar-refractivity contribution in [3.8, 4) is 0 Å². The molecule has 2 N–H and O–H groups in total. The van der Waals surface area contributed by atoms with E-state index in [-0.39, 0.29) is 24.3 Å². The Bertz CT molecular complexity index is 1610. The fourth-order valence-corrected chi connectivity index (χ4v) is 7.64. The molecule has 8 nitrogen and oxygen atoms in total. The van der Waals surface area contributed by atoms with Crippen molar-refractivity contribution < 1.29 is 30.5 Å². The minimum atomic E-state index is -4.07. The molecule has 0 aliphatic carbocycles. The van der Waals surface area contributed by atoms with Gasteiger partial charge in [0.15, 0.2) is 6.54 Å². The van der Waals surface area contributed by atoms with E-state index in [2.05, 4.69) is 16.7 Å². The third-order valence-corrected chi connectivity index (χ3v) is 9.99. The summed E-state index contributed by atoms with van der Waals surface area (Å²) in [5.74, 6) is -0.646. The van der Waals surface area contributed by atoms with Gasteiger partial charge in [0, 0.05) is 35.0 Å². The molecular formula is C25H28ClN2O6S4+. The van der Waals surface area contributed by atoms with Gasteiger partial charge in [-0.1, -0.05) is 53.8 Å². The van der Waals surface area contributed by atoms with Crippen LogP contribution < -0.4 is 9.47 Å². The summed E-state index contributed by atoms with van der Waals surface area (Å²) < 4.78 is 66.6. The van der Waals surface area contributed by atoms with E-state index in [1.54, 1.807) is 23.1 Å². The van der Waals surface area contributed by atoms with Crippen LogP contribution in [0.5, 0.6) is 0 Å². The van der Waals surface area contributed by atoms with Crippen molar-refractivity contribution in [1.29, 1.82) is 0 Å². The first-order chi connectivity index (χ1) is 17.9. The van der Waals surface area contributed by atoms with E-state index >= 15 is 0 Å². The second kappa shape index (κ2) is 12.1. The molecule has 13 heteroatoms. The SMILES string of the molecule is CCC(=Cc1sc2ccccc2[n+]1CCCS(=O)(=O)O)C=C1Sc2ccc(Cl)cc2N1CCCS(=O)(=O)O. The lowest BCUT2D eigenvalue weighted by Crippen LogP contribution is -2.36. The Kier molecular flexibility index (Phi) is 9.23. The number of thioether (sulfide) groups is 1. The van der Waals surface area contributed by atoms with Gasteiger partial charge in [-0.3, -0.25) is 9.11 Å².